The molecule has 0 bridgehead atoms. The molecule has 5 nitrogen and oxygen atoms in total. The van der Waals surface area contributed by atoms with Crippen molar-refractivity contribution in [1.82, 2.24) is 15.5 Å². The van der Waals surface area contributed by atoms with Crippen molar-refractivity contribution in [2.45, 2.75) is 39.7 Å². The van der Waals surface area contributed by atoms with Gasteiger partial charge in [-0.05, 0) is 39.2 Å². The molecule has 3 N–H and O–H groups in total. The van der Waals surface area contributed by atoms with E-state index in [1.807, 2.05) is 13.8 Å². The van der Waals surface area contributed by atoms with Crippen LogP contribution in [0.3, 0.4) is 0 Å². The monoisotopic (exact) mass is 236 g/mol. The van der Waals surface area contributed by atoms with Crippen LogP contribution in [0.5, 0.6) is 0 Å². The van der Waals surface area contributed by atoms with Crippen LogP contribution in [0.25, 0.3) is 0 Å². The van der Waals surface area contributed by atoms with Gasteiger partial charge in [-0.1, -0.05) is 6.92 Å². The molecule has 1 aromatic heterocycles. The van der Waals surface area contributed by atoms with E-state index in [0.717, 1.165) is 36.5 Å². The van der Waals surface area contributed by atoms with E-state index in [1.165, 1.54) is 0 Å². The van der Waals surface area contributed by atoms with E-state index in [-0.39, 0.29) is 11.9 Å². The van der Waals surface area contributed by atoms with E-state index in [1.54, 1.807) is 0 Å². The summed E-state index contributed by atoms with van der Waals surface area (Å²) in [5, 5.41) is 13.1. The third-order valence-corrected chi connectivity index (χ3v) is 3.36. The zero-order valence-electron chi connectivity index (χ0n) is 10.6. The number of nitrogens with zero attached hydrogens (tertiary/aromatic N) is 1. The Morgan fingerprint density at radius 3 is 2.82 bits per heavy atom. The highest BCUT2D eigenvalue weighted by Gasteiger charge is 2.25. The number of carbonyl (C=O) groups excluding carboxylic acids is 1. The summed E-state index contributed by atoms with van der Waals surface area (Å²) in [7, 11) is 0. The van der Waals surface area contributed by atoms with Gasteiger partial charge in [-0.15, -0.1) is 0 Å². The minimum atomic E-state index is -0.0764. The van der Waals surface area contributed by atoms with E-state index < -0.39 is 0 Å². The largest absolute Gasteiger partial charge is 0.322 e. The van der Waals surface area contributed by atoms with Crippen molar-refractivity contribution >= 4 is 11.6 Å². The third-order valence-electron chi connectivity index (χ3n) is 3.36. The number of amides is 1. The fraction of sp³-hybridized carbons (Fsp3) is 0.667. The summed E-state index contributed by atoms with van der Waals surface area (Å²) in [5.74, 6) is 0.655. The molecule has 2 heterocycles. The topological polar surface area (TPSA) is 69.8 Å². The van der Waals surface area contributed by atoms with Crippen molar-refractivity contribution in [2.75, 3.05) is 11.9 Å². The molecule has 1 aliphatic heterocycles. The molecule has 0 aliphatic carbocycles. The first kappa shape index (κ1) is 12.1. The van der Waals surface area contributed by atoms with Crippen molar-refractivity contribution in [3.63, 3.8) is 0 Å². The lowest BCUT2D eigenvalue weighted by Crippen LogP contribution is -2.45. The minimum Gasteiger partial charge on any atom is -0.322 e. The van der Waals surface area contributed by atoms with Gasteiger partial charge in [0.25, 0.3) is 0 Å². The van der Waals surface area contributed by atoms with E-state index in [9.17, 15) is 4.79 Å². The van der Waals surface area contributed by atoms with Crippen LogP contribution in [0.2, 0.25) is 0 Å². The molecule has 1 aliphatic rings. The Morgan fingerprint density at radius 2 is 2.24 bits per heavy atom. The van der Waals surface area contributed by atoms with Gasteiger partial charge >= 0.3 is 0 Å². The Bertz CT molecular complexity index is 393. The highest BCUT2D eigenvalue weighted by atomic mass is 16.2. The number of piperidine rings is 1. The second-order valence-corrected chi connectivity index (χ2v) is 4.93. The standard InChI is InChI=1S/C12H20N4O/c1-7-4-5-13-10(6-7)12(17)14-11-8(2)15-16-9(11)3/h7,10,13H,4-6H2,1-3H3,(H,14,17)(H,15,16). The molecule has 5 heteroatoms. The Morgan fingerprint density at radius 1 is 1.47 bits per heavy atom. The van der Waals surface area contributed by atoms with Gasteiger partial charge in [0.1, 0.15) is 0 Å². The first-order chi connectivity index (χ1) is 8.08. The molecule has 0 saturated carbocycles. The highest BCUT2D eigenvalue weighted by molar-refractivity contribution is 5.95. The number of aryl methyl sites for hydroxylation is 2. The van der Waals surface area contributed by atoms with Gasteiger partial charge in [0, 0.05) is 0 Å². The number of aromatic amines is 1. The average Bonchev–Trinajstić information content (AvgIpc) is 2.61. The summed E-state index contributed by atoms with van der Waals surface area (Å²) in [4.78, 5) is 12.1. The molecule has 1 saturated heterocycles. The van der Waals surface area contributed by atoms with E-state index in [0.29, 0.717) is 5.92 Å². The summed E-state index contributed by atoms with van der Waals surface area (Å²) in [6.45, 7) is 6.90. The SMILES string of the molecule is Cc1n[nH]c(C)c1NC(=O)C1CC(C)CCN1. The number of carbonyl (C=O) groups is 1. The second kappa shape index (κ2) is 4.87. The maximum atomic E-state index is 12.1. The zero-order chi connectivity index (χ0) is 12.4. The van der Waals surface area contributed by atoms with Crippen LogP contribution in [-0.2, 0) is 4.79 Å². The quantitative estimate of drug-likeness (QED) is 0.726. The molecule has 0 aromatic carbocycles. The Hall–Kier alpha value is -1.36. The van der Waals surface area contributed by atoms with Crippen molar-refractivity contribution in [3.8, 4) is 0 Å². The molecule has 2 unspecified atom stereocenters. The molecule has 1 aromatic rings. The summed E-state index contributed by atoms with van der Waals surface area (Å²) >= 11 is 0. The van der Waals surface area contributed by atoms with Crippen molar-refractivity contribution in [2.24, 2.45) is 5.92 Å². The minimum absolute atomic E-state index is 0.0455. The Balaban J connectivity index is 2.01. The number of hydrogen-bond donors (Lipinski definition) is 3. The zero-order valence-corrected chi connectivity index (χ0v) is 10.6. The molecule has 0 radical (unpaired) electrons. The first-order valence-corrected chi connectivity index (χ1v) is 6.13. The molecular formula is C12H20N4O. The third kappa shape index (κ3) is 2.66. The highest BCUT2D eigenvalue weighted by Crippen LogP contribution is 2.19. The fourth-order valence-electron chi connectivity index (χ4n) is 2.25. The van der Waals surface area contributed by atoms with Gasteiger partial charge in [-0.2, -0.15) is 5.10 Å². The van der Waals surface area contributed by atoms with Gasteiger partial charge in [-0.3, -0.25) is 9.89 Å². The molecule has 1 fully saturated rings. The molecule has 94 valence electrons. The molecule has 17 heavy (non-hydrogen) atoms. The molecule has 2 atom stereocenters. The lowest BCUT2D eigenvalue weighted by atomic mass is 9.94. The number of aromatic nitrogens is 2. The summed E-state index contributed by atoms with van der Waals surface area (Å²) in [6, 6.07) is -0.0764. The van der Waals surface area contributed by atoms with Crippen LogP contribution in [0, 0.1) is 19.8 Å². The molecule has 2 rings (SSSR count). The maximum absolute atomic E-state index is 12.1. The van der Waals surface area contributed by atoms with Crippen LogP contribution < -0.4 is 10.6 Å². The molecule has 1 amide bonds. The fourth-order valence-corrected chi connectivity index (χ4v) is 2.25. The van der Waals surface area contributed by atoms with Crippen molar-refractivity contribution in [1.29, 1.82) is 0 Å². The summed E-state index contributed by atoms with van der Waals surface area (Å²) < 4.78 is 0. The number of nitrogens with one attached hydrogen (secondary N) is 3. The molecule has 0 spiro atoms. The van der Waals surface area contributed by atoms with Gasteiger partial charge in [-0.25, -0.2) is 0 Å². The van der Waals surface area contributed by atoms with Crippen LogP contribution in [-0.4, -0.2) is 28.7 Å². The smallest absolute Gasteiger partial charge is 0.241 e. The van der Waals surface area contributed by atoms with Gasteiger partial charge in [0.2, 0.25) is 5.91 Å². The lowest BCUT2D eigenvalue weighted by Gasteiger charge is -2.27. The lowest BCUT2D eigenvalue weighted by molar-refractivity contribution is -0.119. The van der Waals surface area contributed by atoms with Gasteiger partial charge in [0.15, 0.2) is 0 Å². The predicted molar refractivity (Wildman–Crippen MR) is 66.9 cm³/mol. The Kier molecular flexibility index (Phi) is 3.47. The number of H-pyrrole nitrogens is 1. The summed E-state index contributed by atoms with van der Waals surface area (Å²) in [6.07, 6.45) is 2.05. The van der Waals surface area contributed by atoms with E-state index >= 15 is 0 Å². The van der Waals surface area contributed by atoms with Crippen LogP contribution in [0.4, 0.5) is 5.69 Å². The van der Waals surface area contributed by atoms with Crippen molar-refractivity contribution < 1.29 is 4.79 Å². The number of hydrogen-bond acceptors (Lipinski definition) is 3. The van der Waals surface area contributed by atoms with Crippen molar-refractivity contribution in [3.05, 3.63) is 11.4 Å². The maximum Gasteiger partial charge on any atom is 0.241 e. The average molecular weight is 236 g/mol. The normalized spacial score (nSPS) is 24.6. The number of rotatable bonds is 2. The van der Waals surface area contributed by atoms with Gasteiger partial charge < -0.3 is 10.6 Å². The van der Waals surface area contributed by atoms with Crippen LogP contribution >= 0.6 is 0 Å². The predicted octanol–water partition coefficient (Wildman–Crippen LogP) is 1.35. The first-order valence-electron chi connectivity index (χ1n) is 6.13. The Labute approximate surface area is 101 Å². The molecular weight excluding hydrogens is 216 g/mol. The van der Waals surface area contributed by atoms with Crippen LogP contribution in [0.15, 0.2) is 0 Å². The van der Waals surface area contributed by atoms with Gasteiger partial charge in [0.05, 0.1) is 23.1 Å². The van der Waals surface area contributed by atoms with Crippen LogP contribution in [0.1, 0.15) is 31.2 Å². The number of anilines is 1. The van der Waals surface area contributed by atoms with E-state index in [4.69, 9.17) is 0 Å². The van der Waals surface area contributed by atoms with E-state index in [2.05, 4.69) is 27.8 Å². The second-order valence-electron chi connectivity index (χ2n) is 4.93. The summed E-state index contributed by atoms with van der Waals surface area (Å²) in [5.41, 5.74) is 2.55.